The Kier molecular flexibility index (Phi) is 3.91. The third-order valence-corrected chi connectivity index (χ3v) is 4.63. The second kappa shape index (κ2) is 5.13. The van der Waals surface area contributed by atoms with Gasteiger partial charge >= 0.3 is 0 Å². The highest BCUT2D eigenvalue weighted by molar-refractivity contribution is 5.56. The normalized spacial score (nSPS) is 24.5. The lowest BCUT2D eigenvalue weighted by molar-refractivity contribution is -0.0795. The van der Waals surface area contributed by atoms with Crippen LogP contribution < -0.4 is 11.1 Å². The smallest absolute Gasteiger partial charge is 0.138 e. The van der Waals surface area contributed by atoms with Gasteiger partial charge in [-0.1, -0.05) is 34.6 Å². The lowest BCUT2D eigenvalue weighted by Crippen LogP contribution is -2.57. The topological polar surface area (TPSA) is 73.1 Å². The van der Waals surface area contributed by atoms with Crippen molar-refractivity contribution in [2.75, 3.05) is 18.2 Å². The van der Waals surface area contributed by atoms with Crippen LogP contribution in [0.4, 0.5) is 11.6 Å². The lowest BCUT2D eigenvalue weighted by Gasteiger charge is -2.51. The van der Waals surface area contributed by atoms with Crippen molar-refractivity contribution in [2.45, 2.75) is 65.5 Å². The average Bonchev–Trinajstić information content (AvgIpc) is 2.37. The first-order valence-electron chi connectivity index (χ1n) is 7.51. The number of nitrogen functional groups attached to an aromatic ring is 1. The van der Waals surface area contributed by atoms with Crippen molar-refractivity contribution in [1.29, 1.82) is 0 Å². The Morgan fingerprint density at radius 1 is 1.29 bits per heavy atom. The third kappa shape index (κ3) is 2.84. The summed E-state index contributed by atoms with van der Waals surface area (Å²) in [6, 6.07) is 0.336. The van der Waals surface area contributed by atoms with E-state index < -0.39 is 0 Å². The first kappa shape index (κ1) is 16.0. The zero-order valence-corrected chi connectivity index (χ0v) is 14.2. The predicted molar refractivity (Wildman–Crippen MR) is 86.5 cm³/mol. The number of anilines is 2. The molecule has 5 heteroatoms. The van der Waals surface area contributed by atoms with E-state index in [1.165, 1.54) is 0 Å². The molecule has 1 heterocycles. The van der Waals surface area contributed by atoms with Gasteiger partial charge in [-0.15, -0.1) is 0 Å². The molecule has 1 aliphatic carbocycles. The van der Waals surface area contributed by atoms with Gasteiger partial charge in [0, 0.05) is 29.5 Å². The van der Waals surface area contributed by atoms with Crippen molar-refractivity contribution < 1.29 is 4.74 Å². The Morgan fingerprint density at radius 2 is 1.90 bits per heavy atom. The molecule has 0 saturated heterocycles. The number of hydrogen-bond donors (Lipinski definition) is 2. The predicted octanol–water partition coefficient (Wildman–Crippen LogP) is 2.89. The monoisotopic (exact) mass is 292 g/mol. The summed E-state index contributed by atoms with van der Waals surface area (Å²) in [5, 5.41) is 3.54. The molecule has 2 unspecified atom stereocenters. The minimum atomic E-state index is -0.123. The van der Waals surface area contributed by atoms with E-state index in [2.05, 4.69) is 44.9 Å². The van der Waals surface area contributed by atoms with Crippen molar-refractivity contribution in [3.8, 4) is 0 Å². The van der Waals surface area contributed by atoms with E-state index in [0.717, 1.165) is 23.6 Å². The van der Waals surface area contributed by atoms with E-state index in [9.17, 15) is 0 Å². The van der Waals surface area contributed by atoms with Crippen LogP contribution in [0.2, 0.25) is 0 Å². The van der Waals surface area contributed by atoms with Gasteiger partial charge in [0.05, 0.1) is 6.10 Å². The van der Waals surface area contributed by atoms with Crippen molar-refractivity contribution in [1.82, 2.24) is 9.97 Å². The number of rotatable bonds is 3. The highest BCUT2D eigenvalue weighted by Gasteiger charge is 2.48. The van der Waals surface area contributed by atoms with E-state index in [1.54, 1.807) is 7.11 Å². The molecule has 0 radical (unpaired) electrons. The molecule has 5 nitrogen and oxygen atoms in total. The van der Waals surface area contributed by atoms with Crippen LogP contribution in [0.25, 0.3) is 0 Å². The van der Waals surface area contributed by atoms with Crippen LogP contribution in [0.5, 0.6) is 0 Å². The molecule has 1 aromatic rings. The second-order valence-electron chi connectivity index (χ2n) is 7.63. The molecule has 0 amide bonds. The van der Waals surface area contributed by atoms with Gasteiger partial charge in [0.2, 0.25) is 0 Å². The van der Waals surface area contributed by atoms with Crippen LogP contribution in [-0.2, 0) is 10.2 Å². The van der Waals surface area contributed by atoms with Crippen LogP contribution in [0, 0.1) is 12.3 Å². The Balaban J connectivity index is 2.27. The summed E-state index contributed by atoms with van der Waals surface area (Å²) in [5.41, 5.74) is 6.94. The molecule has 2 atom stereocenters. The minimum absolute atomic E-state index is 0.0861. The molecular weight excluding hydrogens is 264 g/mol. The second-order valence-corrected chi connectivity index (χ2v) is 7.63. The summed E-state index contributed by atoms with van der Waals surface area (Å²) < 4.78 is 5.50. The lowest BCUT2D eigenvalue weighted by atomic mass is 9.64. The molecule has 0 aliphatic heterocycles. The van der Waals surface area contributed by atoms with E-state index in [1.807, 2.05) is 6.92 Å². The molecule has 1 saturated carbocycles. The maximum absolute atomic E-state index is 6.06. The summed E-state index contributed by atoms with van der Waals surface area (Å²) in [5.74, 6) is 2.17. The number of aromatic nitrogens is 2. The summed E-state index contributed by atoms with van der Waals surface area (Å²) in [6.07, 6.45) is 1.27. The fourth-order valence-electron chi connectivity index (χ4n) is 2.71. The van der Waals surface area contributed by atoms with Gasteiger partial charge in [0.25, 0.3) is 0 Å². The summed E-state index contributed by atoms with van der Waals surface area (Å²) in [6.45, 7) is 12.7. The van der Waals surface area contributed by atoms with Gasteiger partial charge in [0.1, 0.15) is 17.5 Å². The molecule has 1 aromatic heterocycles. The Bertz CT molecular complexity index is 534. The van der Waals surface area contributed by atoms with Crippen molar-refractivity contribution >= 4 is 11.6 Å². The number of nitrogens with zero attached hydrogens (tertiary/aromatic N) is 2. The minimum Gasteiger partial charge on any atom is -0.383 e. The van der Waals surface area contributed by atoms with Crippen molar-refractivity contribution in [3.05, 3.63) is 11.4 Å². The molecule has 1 aliphatic rings. The average molecular weight is 292 g/mol. The zero-order chi connectivity index (χ0) is 16.0. The van der Waals surface area contributed by atoms with Crippen LogP contribution in [0.15, 0.2) is 0 Å². The van der Waals surface area contributed by atoms with Crippen molar-refractivity contribution in [2.24, 2.45) is 5.41 Å². The van der Waals surface area contributed by atoms with Gasteiger partial charge in [-0.3, -0.25) is 0 Å². The number of ether oxygens (including phenoxy) is 1. The van der Waals surface area contributed by atoms with Crippen LogP contribution in [-0.4, -0.2) is 29.2 Å². The molecule has 0 aromatic carbocycles. The summed E-state index contributed by atoms with van der Waals surface area (Å²) in [4.78, 5) is 9.12. The molecular formula is C16H28N4O. The third-order valence-electron chi connectivity index (χ3n) is 4.63. The molecule has 3 N–H and O–H groups in total. The van der Waals surface area contributed by atoms with Gasteiger partial charge in [-0.05, 0) is 13.3 Å². The van der Waals surface area contributed by atoms with Gasteiger partial charge in [-0.25, -0.2) is 9.97 Å². The standard InChI is InChI=1S/C16H28N4O/c1-9-12(17)19-14(15(2,3)4)20-13(9)18-10-8-11(21-7)16(10,5)6/h10-11H,8H2,1-7H3,(H3,17,18,19,20). The number of nitrogens with two attached hydrogens (primary N) is 1. The Hall–Kier alpha value is -1.36. The van der Waals surface area contributed by atoms with Gasteiger partial charge < -0.3 is 15.8 Å². The molecule has 2 rings (SSSR count). The molecule has 21 heavy (non-hydrogen) atoms. The number of methoxy groups -OCH3 is 1. The van der Waals surface area contributed by atoms with Crippen LogP contribution in [0.3, 0.4) is 0 Å². The van der Waals surface area contributed by atoms with Crippen molar-refractivity contribution in [3.63, 3.8) is 0 Å². The van der Waals surface area contributed by atoms with Crippen LogP contribution in [0.1, 0.15) is 52.4 Å². The van der Waals surface area contributed by atoms with E-state index in [-0.39, 0.29) is 16.9 Å². The number of nitrogens with one attached hydrogen (secondary N) is 1. The molecule has 118 valence electrons. The summed E-state index contributed by atoms with van der Waals surface area (Å²) in [7, 11) is 1.77. The first-order chi connectivity index (χ1) is 9.57. The van der Waals surface area contributed by atoms with E-state index in [0.29, 0.717) is 11.9 Å². The maximum Gasteiger partial charge on any atom is 0.138 e. The zero-order valence-electron chi connectivity index (χ0n) is 14.2. The molecule has 0 bridgehead atoms. The Morgan fingerprint density at radius 3 is 2.38 bits per heavy atom. The van der Waals surface area contributed by atoms with Gasteiger partial charge in [-0.2, -0.15) is 0 Å². The van der Waals surface area contributed by atoms with Crippen LogP contribution >= 0.6 is 0 Å². The summed E-state index contributed by atoms with van der Waals surface area (Å²) >= 11 is 0. The first-order valence-corrected chi connectivity index (χ1v) is 7.51. The van der Waals surface area contributed by atoms with E-state index in [4.69, 9.17) is 15.5 Å². The van der Waals surface area contributed by atoms with Gasteiger partial charge in [0.15, 0.2) is 0 Å². The quantitative estimate of drug-likeness (QED) is 0.896. The van der Waals surface area contributed by atoms with E-state index >= 15 is 0 Å². The maximum atomic E-state index is 6.06. The highest BCUT2D eigenvalue weighted by atomic mass is 16.5. The fourth-order valence-corrected chi connectivity index (χ4v) is 2.71. The molecule has 0 spiro atoms. The fraction of sp³-hybridized carbons (Fsp3) is 0.750. The number of hydrogen-bond acceptors (Lipinski definition) is 5. The largest absolute Gasteiger partial charge is 0.383 e. The highest BCUT2D eigenvalue weighted by Crippen LogP contribution is 2.44. The SMILES string of the molecule is COC1CC(Nc2nc(C(C)(C)C)nc(N)c2C)C1(C)C. The molecule has 1 fully saturated rings. The Labute approximate surface area is 127 Å².